The Morgan fingerprint density at radius 2 is 1.81 bits per heavy atom. The van der Waals surface area contributed by atoms with Gasteiger partial charge in [-0.15, -0.1) is 0 Å². The van der Waals surface area contributed by atoms with Crippen LogP contribution in [0.3, 0.4) is 0 Å². The van der Waals surface area contributed by atoms with Crippen molar-refractivity contribution in [1.29, 1.82) is 0 Å². The Morgan fingerprint density at radius 3 is 2.38 bits per heavy atom. The van der Waals surface area contributed by atoms with Gasteiger partial charge >= 0.3 is 5.97 Å². The first kappa shape index (κ1) is 13.0. The average Bonchev–Trinajstić information content (AvgIpc) is 3.07. The number of imidazole rings is 1. The molecule has 2 amide bonds. The van der Waals surface area contributed by atoms with Crippen LogP contribution in [0, 0.1) is 0 Å². The standard InChI is InChI=1S/C14H11N3O4/c1-2-16-8-7-15-11(16)14(20)21-17-12(18)9-5-3-4-6-10(9)13(17)19/h3-8H,2H2,1H3. The van der Waals surface area contributed by atoms with Gasteiger partial charge < -0.3 is 9.40 Å². The minimum Gasteiger partial charge on any atom is -0.326 e. The minimum atomic E-state index is -0.851. The molecular formula is C14H11N3O4. The fourth-order valence-electron chi connectivity index (χ4n) is 2.13. The number of rotatable bonds is 3. The lowest BCUT2D eigenvalue weighted by Crippen LogP contribution is -2.33. The number of aromatic nitrogens is 2. The minimum absolute atomic E-state index is 0.0362. The SMILES string of the molecule is CCn1ccnc1C(=O)ON1C(=O)c2ccccc2C1=O. The first-order chi connectivity index (χ1) is 10.1. The zero-order valence-corrected chi connectivity index (χ0v) is 11.1. The second-order valence-corrected chi connectivity index (χ2v) is 4.37. The lowest BCUT2D eigenvalue weighted by Gasteiger charge is -2.12. The Labute approximate surface area is 119 Å². The summed E-state index contributed by atoms with van der Waals surface area (Å²) in [5.41, 5.74) is 0.434. The molecule has 0 radical (unpaired) electrons. The van der Waals surface area contributed by atoms with Gasteiger partial charge in [0.25, 0.3) is 11.8 Å². The number of hydrogen-bond acceptors (Lipinski definition) is 5. The molecule has 0 spiro atoms. The molecule has 21 heavy (non-hydrogen) atoms. The number of hydrogen-bond donors (Lipinski definition) is 0. The predicted molar refractivity (Wildman–Crippen MR) is 70.3 cm³/mol. The molecule has 1 aromatic carbocycles. The Kier molecular flexibility index (Phi) is 3.02. The molecule has 0 N–H and O–H groups in total. The van der Waals surface area contributed by atoms with Crippen LogP contribution >= 0.6 is 0 Å². The number of imide groups is 1. The van der Waals surface area contributed by atoms with Crippen molar-refractivity contribution in [3.8, 4) is 0 Å². The number of fused-ring (bicyclic) bond motifs is 1. The van der Waals surface area contributed by atoms with Crippen LogP contribution in [-0.2, 0) is 11.4 Å². The summed E-state index contributed by atoms with van der Waals surface area (Å²) in [5, 5.41) is 0.474. The van der Waals surface area contributed by atoms with Gasteiger partial charge in [-0.05, 0) is 19.1 Å². The summed E-state index contributed by atoms with van der Waals surface area (Å²) in [6.45, 7) is 2.35. The summed E-state index contributed by atoms with van der Waals surface area (Å²) in [5.74, 6) is -2.12. The largest absolute Gasteiger partial charge is 0.399 e. The van der Waals surface area contributed by atoms with E-state index in [1.165, 1.54) is 18.3 Å². The van der Waals surface area contributed by atoms with E-state index in [0.717, 1.165) is 0 Å². The first-order valence-electron chi connectivity index (χ1n) is 6.34. The van der Waals surface area contributed by atoms with Crippen molar-refractivity contribution < 1.29 is 19.2 Å². The zero-order chi connectivity index (χ0) is 15.0. The van der Waals surface area contributed by atoms with Crippen LogP contribution in [0.25, 0.3) is 0 Å². The van der Waals surface area contributed by atoms with Gasteiger partial charge in [-0.3, -0.25) is 9.59 Å². The monoisotopic (exact) mass is 285 g/mol. The molecule has 2 heterocycles. The highest BCUT2D eigenvalue weighted by molar-refractivity contribution is 6.21. The first-order valence-corrected chi connectivity index (χ1v) is 6.34. The molecule has 0 fully saturated rings. The van der Waals surface area contributed by atoms with E-state index in [1.807, 2.05) is 6.92 Å². The Hall–Kier alpha value is -2.96. The topological polar surface area (TPSA) is 81.5 Å². The predicted octanol–water partition coefficient (Wildman–Crippen LogP) is 1.27. The van der Waals surface area contributed by atoms with E-state index in [-0.39, 0.29) is 17.0 Å². The van der Waals surface area contributed by atoms with E-state index in [0.29, 0.717) is 11.6 Å². The quantitative estimate of drug-likeness (QED) is 0.793. The number of carbonyl (C=O) groups excluding carboxylic acids is 3. The van der Waals surface area contributed by atoms with Gasteiger partial charge in [0.15, 0.2) is 0 Å². The number of nitrogens with zero attached hydrogens (tertiary/aromatic N) is 3. The Morgan fingerprint density at radius 1 is 1.19 bits per heavy atom. The molecule has 0 bridgehead atoms. The number of aryl methyl sites for hydroxylation is 1. The van der Waals surface area contributed by atoms with Crippen LogP contribution in [0.2, 0.25) is 0 Å². The van der Waals surface area contributed by atoms with Crippen molar-refractivity contribution >= 4 is 17.8 Å². The van der Waals surface area contributed by atoms with E-state index in [2.05, 4.69) is 4.98 Å². The Balaban J connectivity index is 1.86. The second kappa shape index (κ2) is 4.86. The van der Waals surface area contributed by atoms with Gasteiger partial charge in [0.1, 0.15) is 0 Å². The molecular weight excluding hydrogens is 274 g/mol. The van der Waals surface area contributed by atoms with Gasteiger partial charge in [-0.25, -0.2) is 9.78 Å². The molecule has 0 saturated carbocycles. The lowest BCUT2D eigenvalue weighted by molar-refractivity contribution is -0.0595. The van der Waals surface area contributed by atoms with Crippen LogP contribution < -0.4 is 0 Å². The van der Waals surface area contributed by atoms with Gasteiger partial charge in [0.05, 0.1) is 11.1 Å². The third kappa shape index (κ3) is 1.99. The summed E-state index contributed by atoms with van der Waals surface area (Å²) in [6, 6.07) is 6.30. The van der Waals surface area contributed by atoms with Crippen molar-refractivity contribution in [2.45, 2.75) is 13.5 Å². The molecule has 1 aliphatic rings. The van der Waals surface area contributed by atoms with Crippen molar-refractivity contribution in [2.75, 3.05) is 0 Å². The molecule has 0 aliphatic carbocycles. The van der Waals surface area contributed by atoms with Crippen LogP contribution in [0.15, 0.2) is 36.7 Å². The maximum atomic E-state index is 12.1. The summed E-state index contributed by atoms with van der Waals surface area (Å²) in [4.78, 5) is 45.0. The molecule has 3 rings (SSSR count). The summed E-state index contributed by atoms with van der Waals surface area (Å²) in [6.07, 6.45) is 3.06. The van der Waals surface area contributed by atoms with Gasteiger partial charge in [0.2, 0.25) is 5.82 Å². The number of benzene rings is 1. The van der Waals surface area contributed by atoms with Crippen molar-refractivity contribution in [3.05, 3.63) is 53.6 Å². The fourth-order valence-corrected chi connectivity index (χ4v) is 2.13. The fraction of sp³-hybridized carbons (Fsp3) is 0.143. The molecule has 0 atom stereocenters. The highest BCUT2D eigenvalue weighted by Gasteiger charge is 2.39. The van der Waals surface area contributed by atoms with Gasteiger partial charge in [-0.1, -0.05) is 17.2 Å². The van der Waals surface area contributed by atoms with E-state index in [4.69, 9.17) is 4.84 Å². The number of amides is 2. The van der Waals surface area contributed by atoms with Crippen LogP contribution in [-0.4, -0.2) is 32.4 Å². The van der Waals surface area contributed by atoms with Crippen molar-refractivity contribution in [2.24, 2.45) is 0 Å². The number of carbonyl (C=O) groups is 3. The molecule has 0 saturated heterocycles. The number of hydroxylamine groups is 2. The van der Waals surface area contributed by atoms with Crippen LogP contribution in [0.4, 0.5) is 0 Å². The molecule has 7 heteroatoms. The van der Waals surface area contributed by atoms with E-state index < -0.39 is 17.8 Å². The average molecular weight is 285 g/mol. The van der Waals surface area contributed by atoms with Crippen LogP contribution in [0.5, 0.6) is 0 Å². The molecule has 7 nitrogen and oxygen atoms in total. The van der Waals surface area contributed by atoms with Gasteiger partial charge in [-0.2, -0.15) is 0 Å². The normalized spacial score (nSPS) is 13.5. The third-order valence-electron chi connectivity index (χ3n) is 3.17. The second-order valence-electron chi connectivity index (χ2n) is 4.37. The third-order valence-corrected chi connectivity index (χ3v) is 3.17. The maximum Gasteiger partial charge on any atom is 0.399 e. The molecule has 106 valence electrons. The Bertz CT molecular complexity index is 715. The smallest absolute Gasteiger partial charge is 0.326 e. The van der Waals surface area contributed by atoms with Gasteiger partial charge in [0, 0.05) is 18.9 Å². The summed E-state index contributed by atoms with van der Waals surface area (Å²) < 4.78 is 1.56. The van der Waals surface area contributed by atoms with E-state index >= 15 is 0 Å². The van der Waals surface area contributed by atoms with E-state index in [1.54, 1.807) is 22.9 Å². The van der Waals surface area contributed by atoms with Crippen molar-refractivity contribution in [1.82, 2.24) is 14.6 Å². The maximum absolute atomic E-state index is 12.1. The highest BCUT2D eigenvalue weighted by atomic mass is 16.7. The molecule has 0 unspecified atom stereocenters. The van der Waals surface area contributed by atoms with Crippen molar-refractivity contribution in [3.63, 3.8) is 0 Å². The van der Waals surface area contributed by atoms with Crippen LogP contribution in [0.1, 0.15) is 38.3 Å². The molecule has 2 aromatic rings. The summed E-state index contributed by atoms with van der Waals surface area (Å²) in [7, 11) is 0. The zero-order valence-electron chi connectivity index (χ0n) is 11.1. The summed E-state index contributed by atoms with van der Waals surface area (Å²) >= 11 is 0. The molecule has 1 aromatic heterocycles. The van der Waals surface area contributed by atoms with E-state index in [9.17, 15) is 14.4 Å². The lowest BCUT2D eigenvalue weighted by atomic mass is 10.1. The highest BCUT2D eigenvalue weighted by Crippen LogP contribution is 2.23. The molecule has 1 aliphatic heterocycles.